The second-order valence-corrected chi connectivity index (χ2v) is 6.88. The van der Waals surface area contributed by atoms with Gasteiger partial charge in [-0.15, -0.1) is 0 Å². The molecule has 0 aromatic carbocycles. The van der Waals surface area contributed by atoms with E-state index >= 15 is 0 Å². The normalized spacial score (nSPS) is 11.8. The molecule has 0 aliphatic carbocycles. The van der Waals surface area contributed by atoms with E-state index in [0.29, 0.717) is 16.5 Å². The number of hydrogen-bond donors (Lipinski definition) is 1. The molecule has 0 saturated heterocycles. The van der Waals surface area contributed by atoms with Gasteiger partial charge in [-0.2, -0.15) is 4.37 Å². The van der Waals surface area contributed by atoms with Crippen molar-refractivity contribution in [1.82, 2.24) is 9.10 Å². The molecule has 0 aliphatic heterocycles. The fourth-order valence-electron chi connectivity index (χ4n) is 1.40. The smallest absolute Gasteiger partial charge is 0.233 e. The van der Waals surface area contributed by atoms with Crippen molar-refractivity contribution in [2.24, 2.45) is 0 Å². The molecule has 0 amide bonds. The van der Waals surface area contributed by atoms with Crippen LogP contribution in [-0.2, 0) is 21.3 Å². The molecule has 9 heteroatoms. The van der Waals surface area contributed by atoms with Gasteiger partial charge < -0.3 is 14.2 Å². The number of nitrogens with zero attached hydrogens (tertiary/aromatic N) is 1. The highest BCUT2D eigenvalue weighted by Crippen LogP contribution is 2.32. The van der Waals surface area contributed by atoms with Crippen LogP contribution >= 0.6 is 11.5 Å². The van der Waals surface area contributed by atoms with E-state index < -0.39 is 10.0 Å². The number of nitrogens with one attached hydrogen (secondary N) is 1. The molecule has 0 saturated carbocycles. The highest BCUT2D eigenvalue weighted by atomic mass is 32.2. The lowest BCUT2D eigenvalue weighted by Gasteiger charge is -2.10. The van der Waals surface area contributed by atoms with Crippen LogP contribution in [-0.4, -0.2) is 45.5 Å². The average Bonchev–Trinajstić information content (AvgIpc) is 2.77. The van der Waals surface area contributed by atoms with Gasteiger partial charge >= 0.3 is 0 Å². The Bertz CT molecular complexity index is 491. The first kappa shape index (κ1) is 17.2. The lowest BCUT2D eigenvalue weighted by atomic mass is 10.3. The molecule has 1 N–H and O–H groups in total. The molecule has 20 heavy (non-hydrogen) atoms. The number of rotatable bonds is 9. The highest BCUT2D eigenvalue weighted by molar-refractivity contribution is 7.89. The van der Waals surface area contributed by atoms with Crippen molar-refractivity contribution in [2.75, 3.05) is 26.6 Å². The number of methoxy groups -OCH3 is 2. The Morgan fingerprint density at radius 2 is 2.00 bits per heavy atom. The van der Waals surface area contributed by atoms with Crippen LogP contribution in [0.2, 0.25) is 0 Å². The minimum Gasteiger partial charge on any atom is -0.486 e. The molecule has 0 unspecified atom stereocenters. The van der Waals surface area contributed by atoms with Crippen molar-refractivity contribution >= 4 is 21.6 Å². The molecule has 1 aromatic rings. The summed E-state index contributed by atoms with van der Waals surface area (Å²) >= 11 is 1.12. The van der Waals surface area contributed by atoms with Crippen molar-refractivity contribution in [3.8, 4) is 10.9 Å². The van der Waals surface area contributed by atoms with Gasteiger partial charge in [-0.1, -0.05) is 0 Å². The summed E-state index contributed by atoms with van der Waals surface area (Å²) in [5.41, 5.74) is 0.591. The molecule has 0 radical (unpaired) electrons. The number of hydrogen-bond acceptors (Lipinski definition) is 7. The average molecular weight is 324 g/mol. The van der Waals surface area contributed by atoms with Gasteiger partial charge in [0.25, 0.3) is 0 Å². The monoisotopic (exact) mass is 324 g/mol. The van der Waals surface area contributed by atoms with Crippen molar-refractivity contribution in [1.29, 1.82) is 0 Å². The van der Waals surface area contributed by atoms with E-state index in [0.717, 1.165) is 11.5 Å². The van der Waals surface area contributed by atoms with E-state index in [9.17, 15) is 8.42 Å². The molecule has 7 nitrogen and oxygen atoms in total. The van der Waals surface area contributed by atoms with Gasteiger partial charge in [0, 0.05) is 18.1 Å². The summed E-state index contributed by atoms with van der Waals surface area (Å²) in [5, 5.41) is 0.531. The predicted octanol–water partition coefficient (Wildman–Crippen LogP) is 1.00. The molecule has 0 bridgehead atoms. The summed E-state index contributed by atoms with van der Waals surface area (Å²) in [5.74, 6) is 0.279. The van der Waals surface area contributed by atoms with E-state index in [1.165, 1.54) is 14.2 Å². The number of ether oxygens (including phenoxy) is 3. The molecule has 1 rings (SSSR count). The van der Waals surface area contributed by atoms with Gasteiger partial charge in [0.1, 0.15) is 0 Å². The number of sulfonamides is 1. The summed E-state index contributed by atoms with van der Waals surface area (Å²) < 4.78 is 45.6. The maximum atomic E-state index is 11.8. The summed E-state index contributed by atoms with van der Waals surface area (Å²) in [4.78, 5) is 0. The molecule has 116 valence electrons. The third-order valence-corrected chi connectivity index (χ3v) is 4.49. The highest BCUT2D eigenvalue weighted by Gasteiger charge is 2.18. The Kier molecular flexibility index (Phi) is 6.66. The van der Waals surface area contributed by atoms with Crippen LogP contribution in [0.3, 0.4) is 0 Å². The molecule has 0 spiro atoms. The van der Waals surface area contributed by atoms with Gasteiger partial charge in [0.05, 0.1) is 38.2 Å². The van der Waals surface area contributed by atoms with Crippen LogP contribution in [0.1, 0.15) is 19.4 Å². The van der Waals surface area contributed by atoms with Crippen molar-refractivity contribution < 1.29 is 22.6 Å². The molecule has 0 fully saturated rings. The summed E-state index contributed by atoms with van der Waals surface area (Å²) in [6.45, 7) is 3.94. The van der Waals surface area contributed by atoms with Crippen molar-refractivity contribution in [3.63, 3.8) is 0 Å². The van der Waals surface area contributed by atoms with Crippen molar-refractivity contribution in [3.05, 3.63) is 5.56 Å². The fraction of sp³-hybridized carbons (Fsp3) is 0.727. The Hall–Kier alpha value is -0.900. The van der Waals surface area contributed by atoms with E-state index in [-0.39, 0.29) is 25.0 Å². The van der Waals surface area contributed by atoms with E-state index in [1.54, 1.807) is 0 Å². The van der Waals surface area contributed by atoms with Crippen LogP contribution in [0.25, 0.3) is 0 Å². The van der Waals surface area contributed by atoms with Gasteiger partial charge in [0.15, 0.2) is 0 Å². The topological polar surface area (TPSA) is 86.8 Å². The minimum atomic E-state index is -3.41. The third kappa shape index (κ3) is 5.23. The zero-order valence-corrected chi connectivity index (χ0v) is 13.6. The van der Waals surface area contributed by atoms with Crippen LogP contribution in [0.4, 0.5) is 0 Å². The Balaban J connectivity index is 2.59. The van der Waals surface area contributed by atoms with Crippen LogP contribution in [0.5, 0.6) is 10.9 Å². The molecular formula is C11H20N2O5S2. The van der Waals surface area contributed by atoms with Crippen LogP contribution in [0.15, 0.2) is 0 Å². The Morgan fingerprint density at radius 3 is 2.55 bits per heavy atom. The first-order chi connectivity index (χ1) is 9.39. The van der Waals surface area contributed by atoms with E-state index in [1.807, 2.05) is 13.8 Å². The van der Waals surface area contributed by atoms with Gasteiger partial charge in [-0.25, -0.2) is 13.1 Å². The number of aromatic nitrogens is 1. The Labute approximate surface area is 123 Å². The second-order valence-electron chi connectivity index (χ2n) is 4.22. The molecular weight excluding hydrogens is 304 g/mol. The van der Waals surface area contributed by atoms with E-state index in [4.69, 9.17) is 14.2 Å². The second kappa shape index (κ2) is 7.77. The maximum Gasteiger partial charge on any atom is 0.233 e. The predicted molar refractivity (Wildman–Crippen MR) is 76.9 cm³/mol. The summed E-state index contributed by atoms with van der Waals surface area (Å²) in [6.07, 6.45) is 0.00598. The molecule has 0 aliphatic rings. The lowest BCUT2D eigenvalue weighted by Crippen LogP contribution is -2.28. The first-order valence-corrected chi connectivity index (χ1v) is 8.47. The summed E-state index contributed by atoms with van der Waals surface area (Å²) in [6, 6.07) is 0. The largest absolute Gasteiger partial charge is 0.486 e. The van der Waals surface area contributed by atoms with Crippen molar-refractivity contribution in [2.45, 2.75) is 26.5 Å². The fourth-order valence-corrected chi connectivity index (χ4v) is 2.92. The lowest BCUT2D eigenvalue weighted by molar-refractivity contribution is 0.0911. The molecule has 1 heterocycles. The van der Waals surface area contributed by atoms with E-state index in [2.05, 4.69) is 9.10 Å². The van der Waals surface area contributed by atoms with Crippen LogP contribution < -0.4 is 14.2 Å². The molecule has 1 aromatic heterocycles. The zero-order chi connectivity index (χ0) is 15.2. The minimum absolute atomic E-state index is 0.00598. The standard InChI is InChI=1S/C11H20N2O5S2/c1-8(2)18-5-6-20(14,15)12-7-9-10(16-3)13-19-11(9)17-4/h8,12H,5-7H2,1-4H3. The quantitative estimate of drug-likeness (QED) is 0.729. The van der Waals surface area contributed by atoms with Gasteiger partial charge in [-0.05, 0) is 13.8 Å². The third-order valence-electron chi connectivity index (χ3n) is 2.37. The first-order valence-electron chi connectivity index (χ1n) is 6.05. The SMILES string of the molecule is COc1nsc(OC)c1CNS(=O)(=O)CCOC(C)C. The van der Waals surface area contributed by atoms with Gasteiger partial charge in [0.2, 0.25) is 21.0 Å². The maximum absolute atomic E-state index is 11.8. The van der Waals surface area contributed by atoms with Gasteiger partial charge in [-0.3, -0.25) is 0 Å². The molecule has 0 atom stereocenters. The summed E-state index contributed by atoms with van der Waals surface area (Å²) in [7, 11) is -0.436. The van der Waals surface area contributed by atoms with Crippen LogP contribution in [0, 0.1) is 0 Å². The Morgan fingerprint density at radius 1 is 1.30 bits per heavy atom. The zero-order valence-electron chi connectivity index (χ0n) is 12.0.